The van der Waals surface area contributed by atoms with Crippen molar-refractivity contribution in [2.45, 2.75) is 6.04 Å². The van der Waals surface area contributed by atoms with Crippen molar-refractivity contribution in [2.75, 3.05) is 0 Å². The smallest absolute Gasteiger partial charge is 0.145 e. The number of nitrogens with two attached hydrogens (primary N) is 1. The van der Waals surface area contributed by atoms with Crippen molar-refractivity contribution < 1.29 is 8.78 Å². The molecule has 2 rings (SSSR count). The Bertz CT molecular complexity index is 634. The third-order valence-electron chi connectivity index (χ3n) is 2.68. The summed E-state index contributed by atoms with van der Waals surface area (Å²) in [6, 6.07) is 6.47. The van der Waals surface area contributed by atoms with Crippen LogP contribution in [0.1, 0.15) is 17.2 Å². The van der Waals surface area contributed by atoms with Crippen molar-refractivity contribution in [1.82, 2.24) is 0 Å². The molecule has 2 N–H and O–H groups in total. The summed E-state index contributed by atoms with van der Waals surface area (Å²) in [4.78, 5) is 0. The van der Waals surface area contributed by atoms with Crippen LogP contribution < -0.4 is 5.73 Å². The standard InChI is InChI=1S/C13H8Br2ClF2N/c14-6-1-3-9(16)7(5-6)13(19)11-10(17)4-2-8(15)12(11)18/h1-5,13H,19H2. The third-order valence-corrected chi connectivity index (χ3v) is 4.13. The predicted octanol–water partition coefficient (Wildman–Crippen LogP) is 5.19. The lowest BCUT2D eigenvalue weighted by Crippen LogP contribution is -2.16. The average molecular weight is 411 g/mol. The molecule has 6 heteroatoms. The molecule has 0 aliphatic heterocycles. The van der Waals surface area contributed by atoms with E-state index in [1.807, 2.05) is 0 Å². The van der Waals surface area contributed by atoms with Gasteiger partial charge in [-0.1, -0.05) is 27.5 Å². The fourth-order valence-electron chi connectivity index (χ4n) is 1.74. The van der Waals surface area contributed by atoms with Gasteiger partial charge in [0.05, 0.1) is 10.5 Å². The summed E-state index contributed by atoms with van der Waals surface area (Å²) in [5, 5.41) is 0.356. The zero-order valence-electron chi connectivity index (χ0n) is 9.43. The van der Waals surface area contributed by atoms with Crippen molar-refractivity contribution in [3.8, 4) is 0 Å². The number of hydrogen-bond donors (Lipinski definition) is 1. The van der Waals surface area contributed by atoms with Crippen LogP contribution in [-0.2, 0) is 0 Å². The highest BCUT2D eigenvalue weighted by molar-refractivity contribution is 9.10. The van der Waals surface area contributed by atoms with Crippen LogP contribution in [0.5, 0.6) is 0 Å². The molecule has 0 radical (unpaired) electrons. The molecule has 19 heavy (non-hydrogen) atoms. The van der Waals surface area contributed by atoms with E-state index >= 15 is 0 Å². The molecule has 0 aliphatic carbocycles. The van der Waals surface area contributed by atoms with Gasteiger partial charge in [-0.3, -0.25) is 0 Å². The first-order chi connectivity index (χ1) is 8.91. The largest absolute Gasteiger partial charge is 0.320 e. The van der Waals surface area contributed by atoms with E-state index in [0.29, 0.717) is 10.6 Å². The Morgan fingerprint density at radius 1 is 1.11 bits per heavy atom. The van der Waals surface area contributed by atoms with Crippen molar-refractivity contribution in [2.24, 2.45) is 5.73 Å². The Morgan fingerprint density at radius 2 is 1.79 bits per heavy atom. The summed E-state index contributed by atoms with van der Waals surface area (Å²) in [6.07, 6.45) is 0. The van der Waals surface area contributed by atoms with Crippen LogP contribution in [0.25, 0.3) is 0 Å². The summed E-state index contributed by atoms with van der Waals surface area (Å²) in [6.45, 7) is 0. The van der Waals surface area contributed by atoms with E-state index in [2.05, 4.69) is 31.9 Å². The van der Waals surface area contributed by atoms with Crippen LogP contribution in [0.2, 0.25) is 5.02 Å². The van der Waals surface area contributed by atoms with E-state index in [9.17, 15) is 8.78 Å². The molecular formula is C13H8Br2ClF2N. The van der Waals surface area contributed by atoms with Crippen LogP contribution in [0, 0.1) is 11.6 Å². The molecule has 0 bridgehead atoms. The Hall–Kier alpha value is -0.490. The average Bonchev–Trinajstić information content (AvgIpc) is 2.37. The van der Waals surface area contributed by atoms with E-state index in [-0.39, 0.29) is 10.0 Å². The van der Waals surface area contributed by atoms with E-state index in [0.717, 1.165) is 10.5 Å². The summed E-state index contributed by atoms with van der Waals surface area (Å²) >= 11 is 12.3. The van der Waals surface area contributed by atoms with Gasteiger partial charge >= 0.3 is 0 Å². The number of hydrogen-bond acceptors (Lipinski definition) is 1. The molecule has 2 aromatic rings. The lowest BCUT2D eigenvalue weighted by atomic mass is 9.98. The number of benzene rings is 2. The topological polar surface area (TPSA) is 26.0 Å². The second-order valence-electron chi connectivity index (χ2n) is 3.90. The molecular weight excluding hydrogens is 403 g/mol. The molecule has 0 saturated heterocycles. The van der Waals surface area contributed by atoms with Crippen LogP contribution in [0.4, 0.5) is 8.78 Å². The van der Waals surface area contributed by atoms with Gasteiger partial charge in [0, 0.05) is 15.1 Å². The molecule has 100 valence electrons. The Balaban J connectivity index is 2.59. The van der Waals surface area contributed by atoms with Crippen LogP contribution in [0.3, 0.4) is 0 Å². The Kier molecular flexibility index (Phi) is 4.61. The van der Waals surface area contributed by atoms with Gasteiger partial charge in [0.15, 0.2) is 0 Å². The van der Waals surface area contributed by atoms with Crippen molar-refractivity contribution >= 4 is 43.5 Å². The maximum atomic E-state index is 14.0. The summed E-state index contributed by atoms with van der Waals surface area (Å²) < 4.78 is 28.7. The zero-order chi connectivity index (χ0) is 14.2. The Morgan fingerprint density at radius 3 is 2.47 bits per heavy atom. The minimum absolute atomic E-state index is 0.158. The third kappa shape index (κ3) is 2.99. The minimum atomic E-state index is -0.984. The predicted molar refractivity (Wildman–Crippen MR) is 79.2 cm³/mol. The van der Waals surface area contributed by atoms with Gasteiger partial charge in [-0.05, 0) is 51.8 Å². The van der Waals surface area contributed by atoms with Crippen molar-refractivity contribution in [1.29, 1.82) is 0 Å². The maximum Gasteiger partial charge on any atom is 0.145 e. The minimum Gasteiger partial charge on any atom is -0.320 e. The molecule has 1 atom stereocenters. The maximum absolute atomic E-state index is 14.0. The lowest BCUT2D eigenvalue weighted by molar-refractivity contribution is 0.539. The first-order valence-electron chi connectivity index (χ1n) is 5.25. The van der Waals surface area contributed by atoms with Gasteiger partial charge in [-0.2, -0.15) is 0 Å². The van der Waals surface area contributed by atoms with Crippen LogP contribution in [-0.4, -0.2) is 0 Å². The summed E-state index contributed by atoms with van der Waals surface area (Å²) in [5.74, 6) is -1.42. The highest BCUT2D eigenvalue weighted by Gasteiger charge is 2.22. The Labute approximate surface area is 131 Å². The zero-order valence-corrected chi connectivity index (χ0v) is 13.4. The number of rotatable bonds is 2. The van der Waals surface area contributed by atoms with Crippen LogP contribution >= 0.6 is 43.5 Å². The van der Waals surface area contributed by atoms with Crippen molar-refractivity contribution in [3.05, 3.63) is 67.1 Å². The molecule has 0 heterocycles. The highest BCUT2D eigenvalue weighted by atomic mass is 79.9. The van der Waals surface area contributed by atoms with Gasteiger partial charge in [-0.15, -0.1) is 0 Å². The van der Waals surface area contributed by atoms with Gasteiger partial charge in [-0.25, -0.2) is 8.78 Å². The molecule has 0 aliphatic rings. The first kappa shape index (κ1) is 14.9. The quantitative estimate of drug-likeness (QED) is 0.676. The first-order valence-corrected chi connectivity index (χ1v) is 7.22. The van der Waals surface area contributed by atoms with E-state index in [1.54, 1.807) is 18.2 Å². The van der Waals surface area contributed by atoms with Gasteiger partial charge in [0.25, 0.3) is 0 Å². The highest BCUT2D eigenvalue weighted by Crippen LogP contribution is 2.33. The summed E-state index contributed by atoms with van der Waals surface area (Å²) in [7, 11) is 0. The monoisotopic (exact) mass is 409 g/mol. The summed E-state index contributed by atoms with van der Waals surface area (Å²) in [5.41, 5.74) is 6.19. The van der Waals surface area contributed by atoms with Crippen molar-refractivity contribution in [3.63, 3.8) is 0 Å². The normalized spacial score (nSPS) is 12.5. The molecule has 0 amide bonds. The van der Waals surface area contributed by atoms with E-state index < -0.39 is 17.7 Å². The molecule has 0 saturated carbocycles. The fraction of sp³-hybridized carbons (Fsp3) is 0.0769. The van der Waals surface area contributed by atoms with Crippen LogP contribution in [0.15, 0.2) is 39.3 Å². The lowest BCUT2D eigenvalue weighted by Gasteiger charge is -2.17. The number of halogens is 5. The van der Waals surface area contributed by atoms with Gasteiger partial charge < -0.3 is 5.73 Å². The van der Waals surface area contributed by atoms with Gasteiger partial charge in [0.2, 0.25) is 0 Å². The molecule has 0 spiro atoms. The molecule has 1 unspecified atom stereocenters. The molecule has 2 aromatic carbocycles. The van der Waals surface area contributed by atoms with E-state index in [4.69, 9.17) is 17.3 Å². The van der Waals surface area contributed by atoms with Gasteiger partial charge in [0.1, 0.15) is 11.6 Å². The molecule has 0 aromatic heterocycles. The SMILES string of the molecule is NC(c1cc(Br)ccc1Cl)c1c(F)ccc(Br)c1F. The molecule has 0 fully saturated rings. The van der Waals surface area contributed by atoms with E-state index in [1.165, 1.54) is 6.07 Å². The second kappa shape index (κ2) is 5.87. The molecule has 1 nitrogen and oxygen atoms in total. The second-order valence-corrected chi connectivity index (χ2v) is 6.08. The fourth-order valence-corrected chi connectivity index (χ4v) is 2.70.